The van der Waals surface area contributed by atoms with Crippen LogP contribution in [0.15, 0.2) is 29.3 Å². The largest absolute Gasteiger partial charge is 0.377 e. The number of fused-ring (bicyclic) bond motifs is 1. The molecule has 284 valence electrons. The Labute approximate surface area is 316 Å². The molecule has 2 aromatic heterocycles. The smallest absolute Gasteiger partial charge is 0.276 e. The van der Waals surface area contributed by atoms with Gasteiger partial charge in [0.1, 0.15) is 11.7 Å². The molecule has 5 heterocycles. The number of halogens is 2. The molecule has 3 atom stereocenters. The van der Waals surface area contributed by atoms with E-state index in [1.807, 2.05) is 12.1 Å². The van der Waals surface area contributed by atoms with E-state index < -0.39 is 6.23 Å². The molecule has 0 saturated carbocycles. The first-order valence-corrected chi connectivity index (χ1v) is 19.8. The van der Waals surface area contributed by atoms with Crippen LogP contribution >= 0.6 is 23.2 Å². The summed E-state index contributed by atoms with van der Waals surface area (Å²) < 4.78 is 1.53. The first-order chi connectivity index (χ1) is 25.1. The van der Waals surface area contributed by atoms with Gasteiger partial charge in [-0.25, -0.2) is 0 Å². The number of aryl methyl sites for hydroxylation is 1. The Kier molecular flexibility index (Phi) is 13.4. The van der Waals surface area contributed by atoms with Gasteiger partial charge in [-0.1, -0.05) is 49.4 Å². The number of rotatable bonds is 15. The lowest BCUT2D eigenvalue weighted by molar-refractivity contribution is -0.134. The van der Waals surface area contributed by atoms with Gasteiger partial charge in [-0.3, -0.25) is 39.5 Å². The second-order valence-electron chi connectivity index (χ2n) is 15.0. The van der Waals surface area contributed by atoms with Crippen LogP contribution < -0.4 is 16.2 Å². The quantitative estimate of drug-likeness (QED) is 0.132. The summed E-state index contributed by atoms with van der Waals surface area (Å²) in [5.74, 6) is 1.01. The summed E-state index contributed by atoms with van der Waals surface area (Å²) in [4.78, 5) is 43.0. The summed E-state index contributed by atoms with van der Waals surface area (Å²) in [5, 5.41) is 25.8. The monoisotopic (exact) mass is 756 g/mol. The molecule has 4 N–H and O–H groups in total. The highest BCUT2D eigenvalue weighted by molar-refractivity contribution is 6.36. The van der Waals surface area contributed by atoms with E-state index in [1.165, 1.54) is 23.8 Å². The molecule has 12 nitrogen and oxygen atoms in total. The number of imide groups is 1. The number of piperazine rings is 1. The number of aromatic nitrogens is 3. The van der Waals surface area contributed by atoms with E-state index in [1.54, 1.807) is 19.4 Å². The van der Waals surface area contributed by atoms with Crippen molar-refractivity contribution >= 4 is 45.9 Å². The molecular weight excluding hydrogens is 703 g/mol. The van der Waals surface area contributed by atoms with Gasteiger partial charge in [0, 0.05) is 85.5 Å². The van der Waals surface area contributed by atoms with Crippen molar-refractivity contribution in [2.45, 2.75) is 83.5 Å². The number of likely N-dealkylation sites (tertiary alicyclic amines) is 1. The molecule has 3 unspecified atom stereocenters. The summed E-state index contributed by atoms with van der Waals surface area (Å²) in [6.07, 6.45) is 12.1. The van der Waals surface area contributed by atoms with Crippen molar-refractivity contribution in [2.75, 3.05) is 52.4 Å². The first-order valence-electron chi connectivity index (χ1n) is 19.1. The number of aliphatic hydroxyl groups is 1. The summed E-state index contributed by atoms with van der Waals surface area (Å²) in [7, 11) is 1.71. The standard InChI is InChI=1S/C38H54Cl2N8O4/c1-3-4-6-25(7-5-12-41-33-8-9-34(49)43-37(33)51)26-10-13-46(14-11-26)24-35(50)48-17-15-47(16-18-48)23-30-31(39)19-27(20-32(30)40)29-22-45(2)38(52)36-28(29)21-42-44-36/h19-22,25-26,33,35,41,50H,3-18,23-24H2,1-2H3,(H,42,44)(H,43,49,51). The second-order valence-corrected chi connectivity index (χ2v) is 15.8. The van der Waals surface area contributed by atoms with Crippen LogP contribution in [0.3, 0.4) is 0 Å². The van der Waals surface area contributed by atoms with Crippen LogP contribution in [0, 0.1) is 11.8 Å². The summed E-state index contributed by atoms with van der Waals surface area (Å²) in [5.41, 5.74) is 2.84. The average Bonchev–Trinajstić information content (AvgIpc) is 3.63. The van der Waals surface area contributed by atoms with E-state index in [9.17, 15) is 19.5 Å². The zero-order valence-corrected chi connectivity index (χ0v) is 32.0. The third-order valence-corrected chi connectivity index (χ3v) is 12.2. The maximum atomic E-state index is 12.5. The van der Waals surface area contributed by atoms with E-state index in [4.69, 9.17) is 23.2 Å². The lowest BCUT2D eigenvalue weighted by Gasteiger charge is -2.41. The van der Waals surface area contributed by atoms with Crippen LogP contribution in [-0.4, -0.2) is 111 Å². The summed E-state index contributed by atoms with van der Waals surface area (Å²) in [6, 6.07) is 3.56. The molecule has 3 fully saturated rings. The molecule has 3 saturated heterocycles. The van der Waals surface area contributed by atoms with E-state index in [-0.39, 0.29) is 23.4 Å². The third kappa shape index (κ3) is 9.44. The molecule has 6 rings (SSSR count). The highest BCUT2D eigenvalue weighted by Crippen LogP contribution is 2.35. The normalized spacial score (nSPS) is 21.1. The van der Waals surface area contributed by atoms with Crippen molar-refractivity contribution in [3.63, 3.8) is 0 Å². The topological polar surface area (TPSA) is 139 Å². The molecule has 52 heavy (non-hydrogen) atoms. The number of hydrogen-bond donors (Lipinski definition) is 4. The average molecular weight is 758 g/mol. The minimum absolute atomic E-state index is 0.142. The Hall–Kier alpha value is -2.84. The molecule has 3 aliphatic rings. The Morgan fingerprint density at radius 1 is 0.981 bits per heavy atom. The number of benzene rings is 1. The molecular formula is C38H54Cl2N8O4. The van der Waals surface area contributed by atoms with Crippen LogP contribution in [0.25, 0.3) is 22.0 Å². The maximum absolute atomic E-state index is 12.5. The van der Waals surface area contributed by atoms with E-state index >= 15 is 0 Å². The van der Waals surface area contributed by atoms with Crippen molar-refractivity contribution in [3.05, 3.63) is 50.5 Å². The van der Waals surface area contributed by atoms with Crippen LogP contribution in [0.1, 0.15) is 70.3 Å². The molecule has 3 aromatic rings. The zero-order chi connectivity index (χ0) is 36.8. The predicted molar refractivity (Wildman–Crippen MR) is 205 cm³/mol. The third-order valence-electron chi connectivity index (χ3n) is 11.5. The van der Waals surface area contributed by atoms with Gasteiger partial charge >= 0.3 is 0 Å². The van der Waals surface area contributed by atoms with E-state index in [0.29, 0.717) is 53.3 Å². The van der Waals surface area contributed by atoms with Gasteiger partial charge < -0.3 is 15.0 Å². The fraction of sp³-hybridized carbons (Fsp3) is 0.632. The Balaban J connectivity index is 0.939. The molecule has 2 amide bonds. The van der Waals surface area contributed by atoms with Gasteiger partial charge in [-0.05, 0) is 81.3 Å². The minimum atomic E-state index is -0.499. The number of β-amino-alcohol motifs (C(OH)–C–C–N with tert-alkyl or cyclic N) is 1. The predicted octanol–water partition coefficient (Wildman–Crippen LogP) is 4.36. The lowest BCUT2D eigenvalue weighted by atomic mass is 9.79. The molecule has 0 aliphatic carbocycles. The number of aliphatic hydroxyl groups excluding tert-OH is 1. The number of unbranched alkanes of at least 4 members (excludes halogenated alkanes) is 1. The number of carbonyl (C=O) groups is 2. The van der Waals surface area contributed by atoms with Crippen molar-refractivity contribution in [3.8, 4) is 11.1 Å². The van der Waals surface area contributed by atoms with Gasteiger partial charge in [0.25, 0.3) is 5.56 Å². The maximum Gasteiger partial charge on any atom is 0.276 e. The van der Waals surface area contributed by atoms with E-state index in [0.717, 1.165) is 93.6 Å². The van der Waals surface area contributed by atoms with Crippen molar-refractivity contribution in [1.82, 2.24) is 40.1 Å². The SMILES string of the molecule is CCCCC(CCCNC1CCC(=O)NC1=O)C1CCN(CC(O)N2CCN(Cc3c(Cl)cc(-c4cn(C)c(=O)c5[nH]ncc45)cc3Cl)CC2)CC1. The Morgan fingerprint density at radius 3 is 2.38 bits per heavy atom. The molecule has 0 bridgehead atoms. The molecule has 0 radical (unpaired) electrons. The van der Waals surface area contributed by atoms with Gasteiger partial charge in [0.05, 0.1) is 12.2 Å². The van der Waals surface area contributed by atoms with Gasteiger partial charge in [-0.15, -0.1) is 0 Å². The number of aromatic amines is 1. The van der Waals surface area contributed by atoms with Crippen LogP contribution in [0.5, 0.6) is 0 Å². The van der Waals surface area contributed by atoms with E-state index in [2.05, 4.69) is 42.5 Å². The van der Waals surface area contributed by atoms with Crippen LogP contribution in [0.4, 0.5) is 0 Å². The highest BCUT2D eigenvalue weighted by Gasteiger charge is 2.30. The number of hydrogen-bond acceptors (Lipinski definition) is 9. The van der Waals surface area contributed by atoms with Gasteiger partial charge in [-0.2, -0.15) is 5.10 Å². The van der Waals surface area contributed by atoms with Crippen LogP contribution in [0.2, 0.25) is 10.0 Å². The van der Waals surface area contributed by atoms with Crippen molar-refractivity contribution in [1.29, 1.82) is 0 Å². The molecule has 1 aromatic carbocycles. The molecule has 14 heteroatoms. The fourth-order valence-corrected chi connectivity index (χ4v) is 8.91. The number of H-pyrrole nitrogens is 1. The molecule has 3 aliphatic heterocycles. The van der Waals surface area contributed by atoms with Crippen LogP contribution in [-0.2, 0) is 23.2 Å². The number of nitrogens with one attached hydrogen (secondary N) is 3. The number of amides is 2. The zero-order valence-electron chi connectivity index (χ0n) is 30.5. The molecule has 0 spiro atoms. The number of nitrogens with zero attached hydrogens (tertiary/aromatic N) is 5. The van der Waals surface area contributed by atoms with Crippen molar-refractivity contribution in [2.24, 2.45) is 18.9 Å². The first kappa shape index (κ1) is 38.9. The van der Waals surface area contributed by atoms with Gasteiger partial charge in [0.2, 0.25) is 11.8 Å². The second kappa shape index (κ2) is 18.0. The fourth-order valence-electron chi connectivity index (χ4n) is 8.30. The Morgan fingerprint density at radius 2 is 1.69 bits per heavy atom. The van der Waals surface area contributed by atoms with Crippen molar-refractivity contribution < 1.29 is 14.7 Å². The highest BCUT2D eigenvalue weighted by atomic mass is 35.5. The Bertz CT molecular complexity index is 1730. The number of carbonyl (C=O) groups excluding carboxylic acids is 2. The summed E-state index contributed by atoms with van der Waals surface area (Å²) in [6.45, 7) is 9.52. The summed E-state index contributed by atoms with van der Waals surface area (Å²) >= 11 is 13.7. The minimum Gasteiger partial charge on any atom is -0.377 e. The van der Waals surface area contributed by atoms with Gasteiger partial charge in [0.15, 0.2) is 0 Å². The lowest BCUT2D eigenvalue weighted by Crippen LogP contribution is -2.53. The number of piperidine rings is 2. The number of pyridine rings is 1.